The van der Waals surface area contributed by atoms with Crippen LogP contribution in [0.4, 0.5) is 4.39 Å². The van der Waals surface area contributed by atoms with Crippen molar-refractivity contribution < 1.29 is 23.6 Å². The minimum absolute atomic E-state index is 0.0231. The van der Waals surface area contributed by atoms with E-state index in [-0.39, 0.29) is 18.2 Å². The number of alkyl halides is 1. The van der Waals surface area contributed by atoms with Crippen LogP contribution in [0, 0.1) is 0 Å². The standard InChI is InChI=1S/C6H6FNO4/c7-1-2-11-5-3-4(6(9)10)12-8-5/h3H,1-2H2,(H,9,10). The Morgan fingerprint density at radius 2 is 2.58 bits per heavy atom. The average molecular weight is 175 g/mol. The Morgan fingerprint density at radius 1 is 1.83 bits per heavy atom. The first-order valence-corrected chi connectivity index (χ1v) is 3.13. The largest absolute Gasteiger partial charge is 0.475 e. The van der Waals surface area contributed by atoms with E-state index in [4.69, 9.17) is 5.11 Å². The number of halogens is 1. The van der Waals surface area contributed by atoms with E-state index in [2.05, 4.69) is 14.4 Å². The highest BCUT2D eigenvalue weighted by Crippen LogP contribution is 2.10. The summed E-state index contributed by atoms with van der Waals surface area (Å²) in [6.07, 6.45) is 0. The van der Waals surface area contributed by atoms with Gasteiger partial charge in [-0.2, -0.15) is 0 Å². The number of rotatable bonds is 4. The first-order chi connectivity index (χ1) is 5.74. The summed E-state index contributed by atoms with van der Waals surface area (Å²) in [6.45, 7) is -0.819. The minimum atomic E-state index is -1.24. The van der Waals surface area contributed by atoms with E-state index in [0.29, 0.717) is 0 Å². The summed E-state index contributed by atoms with van der Waals surface area (Å²) in [7, 11) is 0. The van der Waals surface area contributed by atoms with Gasteiger partial charge in [-0.25, -0.2) is 9.18 Å². The third-order valence-electron chi connectivity index (χ3n) is 1.03. The number of hydrogen-bond donors (Lipinski definition) is 1. The van der Waals surface area contributed by atoms with Crippen LogP contribution in [0.5, 0.6) is 5.88 Å². The Balaban J connectivity index is 2.58. The molecular formula is C6H6FNO4. The number of aromatic nitrogens is 1. The number of carboxylic acid groups (broad SMARTS) is 1. The van der Waals surface area contributed by atoms with E-state index < -0.39 is 12.6 Å². The van der Waals surface area contributed by atoms with Crippen molar-refractivity contribution in [1.82, 2.24) is 5.16 Å². The summed E-state index contributed by atoms with van der Waals surface area (Å²) in [5, 5.41) is 11.6. The van der Waals surface area contributed by atoms with Crippen LogP contribution >= 0.6 is 0 Å². The molecule has 0 bridgehead atoms. The van der Waals surface area contributed by atoms with Crippen molar-refractivity contribution in [2.75, 3.05) is 13.3 Å². The lowest BCUT2D eigenvalue weighted by Gasteiger charge is -1.93. The molecule has 0 saturated carbocycles. The lowest BCUT2D eigenvalue weighted by atomic mass is 10.5. The molecule has 0 aromatic carbocycles. The second-order valence-corrected chi connectivity index (χ2v) is 1.87. The molecule has 0 amide bonds. The Bertz CT molecular complexity index is 272. The van der Waals surface area contributed by atoms with Crippen LogP contribution < -0.4 is 4.74 Å². The molecule has 0 aliphatic rings. The van der Waals surface area contributed by atoms with Gasteiger partial charge in [0.25, 0.3) is 5.88 Å². The molecule has 0 radical (unpaired) electrons. The van der Waals surface area contributed by atoms with Crippen LogP contribution in [-0.4, -0.2) is 29.5 Å². The zero-order valence-electron chi connectivity index (χ0n) is 5.99. The fourth-order valence-corrected chi connectivity index (χ4v) is 0.571. The number of carboxylic acids is 1. The summed E-state index contributed by atoms with van der Waals surface area (Å²) >= 11 is 0. The lowest BCUT2D eigenvalue weighted by molar-refractivity contribution is 0.0651. The van der Waals surface area contributed by atoms with Gasteiger partial charge in [0.2, 0.25) is 5.76 Å². The predicted octanol–water partition coefficient (Wildman–Crippen LogP) is 0.721. The molecule has 0 atom stereocenters. The monoisotopic (exact) mass is 175 g/mol. The molecule has 66 valence electrons. The number of carbonyl (C=O) groups is 1. The first kappa shape index (κ1) is 8.51. The van der Waals surface area contributed by atoms with E-state index in [9.17, 15) is 9.18 Å². The summed E-state index contributed by atoms with van der Waals surface area (Å²) < 4.78 is 20.5. The van der Waals surface area contributed by atoms with E-state index in [1.807, 2.05) is 0 Å². The Hall–Kier alpha value is -1.59. The van der Waals surface area contributed by atoms with Crippen molar-refractivity contribution in [3.05, 3.63) is 11.8 Å². The summed E-state index contributed by atoms with van der Waals surface area (Å²) in [4.78, 5) is 10.2. The van der Waals surface area contributed by atoms with Gasteiger partial charge in [0.15, 0.2) is 0 Å². The van der Waals surface area contributed by atoms with Crippen LogP contribution in [0.15, 0.2) is 10.6 Å². The van der Waals surface area contributed by atoms with E-state index >= 15 is 0 Å². The van der Waals surface area contributed by atoms with Gasteiger partial charge in [-0.15, -0.1) is 0 Å². The molecule has 0 unspecified atom stereocenters. The fraction of sp³-hybridized carbons (Fsp3) is 0.333. The van der Waals surface area contributed by atoms with Crippen molar-refractivity contribution in [3.63, 3.8) is 0 Å². The zero-order valence-corrected chi connectivity index (χ0v) is 5.99. The fourth-order valence-electron chi connectivity index (χ4n) is 0.571. The smallest absolute Gasteiger partial charge is 0.374 e. The third-order valence-corrected chi connectivity index (χ3v) is 1.03. The Labute approximate surface area is 66.7 Å². The van der Waals surface area contributed by atoms with Gasteiger partial charge >= 0.3 is 5.97 Å². The maximum absolute atomic E-state index is 11.5. The molecule has 0 spiro atoms. The number of aromatic carboxylic acids is 1. The zero-order chi connectivity index (χ0) is 8.97. The summed E-state index contributed by atoms with van der Waals surface area (Å²) in [6, 6.07) is 1.08. The highest BCUT2D eigenvalue weighted by molar-refractivity contribution is 5.84. The first-order valence-electron chi connectivity index (χ1n) is 3.13. The third kappa shape index (κ3) is 1.94. The van der Waals surface area contributed by atoms with Crippen LogP contribution in [0.25, 0.3) is 0 Å². The number of ether oxygens (including phenoxy) is 1. The van der Waals surface area contributed by atoms with Crippen molar-refractivity contribution in [1.29, 1.82) is 0 Å². The van der Waals surface area contributed by atoms with E-state index in [1.54, 1.807) is 0 Å². The molecule has 0 saturated heterocycles. The number of hydrogen-bond acceptors (Lipinski definition) is 4. The second kappa shape index (κ2) is 3.70. The molecule has 6 heteroatoms. The molecule has 12 heavy (non-hydrogen) atoms. The van der Waals surface area contributed by atoms with E-state index in [1.165, 1.54) is 0 Å². The molecular weight excluding hydrogens is 169 g/mol. The van der Waals surface area contributed by atoms with Gasteiger partial charge in [0, 0.05) is 0 Å². The van der Waals surface area contributed by atoms with E-state index in [0.717, 1.165) is 6.07 Å². The minimum Gasteiger partial charge on any atom is -0.475 e. The topological polar surface area (TPSA) is 72.6 Å². The van der Waals surface area contributed by atoms with Gasteiger partial charge in [-0.3, -0.25) is 0 Å². The Morgan fingerprint density at radius 3 is 3.08 bits per heavy atom. The molecule has 5 nitrogen and oxygen atoms in total. The van der Waals surface area contributed by atoms with Gasteiger partial charge in [-0.1, -0.05) is 0 Å². The maximum atomic E-state index is 11.5. The molecule has 1 N–H and O–H groups in total. The molecule has 1 heterocycles. The van der Waals surface area contributed by atoms with Crippen molar-refractivity contribution >= 4 is 5.97 Å². The highest BCUT2D eigenvalue weighted by Gasteiger charge is 2.11. The van der Waals surface area contributed by atoms with Gasteiger partial charge in [0.05, 0.1) is 6.07 Å². The predicted molar refractivity (Wildman–Crippen MR) is 34.9 cm³/mol. The number of nitrogens with zero attached hydrogens (tertiary/aromatic N) is 1. The van der Waals surface area contributed by atoms with Crippen molar-refractivity contribution in [2.45, 2.75) is 0 Å². The normalized spacial score (nSPS) is 9.75. The molecule has 1 rings (SSSR count). The highest BCUT2D eigenvalue weighted by atomic mass is 19.1. The molecule has 0 aliphatic carbocycles. The summed E-state index contributed by atoms with van der Waals surface area (Å²) in [5.41, 5.74) is 0. The quantitative estimate of drug-likeness (QED) is 0.729. The molecule has 1 aromatic heterocycles. The van der Waals surface area contributed by atoms with Gasteiger partial charge in [0.1, 0.15) is 13.3 Å². The van der Waals surface area contributed by atoms with Crippen LogP contribution in [-0.2, 0) is 0 Å². The van der Waals surface area contributed by atoms with Gasteiger partial charge < -0.3 is 14.4 Å². The maximum Gasteiger partial charge on any atom is 0.374 e. The summed E-state index contributed by atoms with van der Waals surface area (Å²) in [5.74, 6) is -1.59. The van der Waals surface area contributed by atoms with Crippen molar-refractivity contribution in [2.24, 2.45) is 0 Å². The Kier molecular flexibility index (Phi) is 2.62. The van der Waals surface area contributed by atoms with Crippen LogP contribution in [0.2, 0.25) is 0 Å². The lowest BCUT2D eigenvalue weighted by Crippen LogP contribution is -1.98. The average Bonchev–Trinajstić information content (AvgIpc) is 2.48. The molecule has 1 aromatic rings. The van der Waals surface area contributed by atoms with Crippen molar-refractivity contribution in [3.8, 4) is 5.88 Å². The van der Waals surface area contributed by atoms with Crippen LogP contribution in [0.3, 0.4) is 0 Å². The second-order valence-electron chi connectivity index (χ2n) is 1.87. The van der Waals surface area contributed by atoms with Gasteiger partial charge in [-0.05, 0) is 5.16 Å². The molecule has 0 fully saturated rings. The van der Waals surface area contributed by atoms with Crippen LogP contribution in [0.1, 0.15) is 10.6 Å². The SMILES string of the molecule is O=C(O)c1cc(OCCF)no1. The molecule has 0 aliphatic heterocycles.